The second-order valence-corrected chi connectivity index (χ2v) is 6.48. The van der Waals surface area contributed by atoms with Gasteiger partial charge in [0.1, 0.15) is 11.1 Å². The number of thioether (sulfide) groups is 2. The zero-order chi connectivity index (χ0) is 20.5. The van der Waals surface area contributed by atoms with Gasteiger partial charge in [-0.3, -0.25) is 10.9 Å². The van der Waals surface area contributed by atoms with Crippen LogP contribution in [0.4, 0.5) is 11.6 Å². The molecule has 0 fully saturated rings. The van der Waals surface area contributed by atoms with Crippen molar-refractivity contribution in [3.05, 3.63) is 23.5 Å². The Bertz CT molecular complexity index is 782. The highest BCUT2D eigenvalue weighted by Crippen LogP contribution is 2.21. The maximum absolute atomic E-state index is 12.2. The summed E-state index contributed by atoms with van der Waals surface area (Å²) in [5.41, 5.74) is 5.90. The zero-order valence-corrected chi connectivity index (χ0v) is 17.4. The van der Waals surface area contributed by atoms with Crippen LogP contribution in [0.25, 0.3) is 0 Å². The molecule has 2 heterocycles. The van der Waals surface area contributed by atoms with Crippen molar-refractivity contribution in [3.63, 3.8) is 0 Å². The van der Waals surface area contributed by atoms with Crippen LogP contribution in [0.5, 0.6) is 0 Å². The highest BCUT2D eigenvalue weighted by atomic mass is 32.2. The molecule has 0 aliphatic carbocycles. The van der Waals surface area contributed by atoms with E-state index in [1.54, 1.807) is 13.8 Å². The fraction of sp³-hybridized carbons (Fsp3) is 0.375. The van der Waals surface area contributed by atoms with E-state index < -0.39 is 11.9 Å². The minimum absolute atomic E-state index is 0.143. The topological polar surface area (TPSA) is 128 Å². The van der Waals surface area contributed by atoms with Gasteiger partial charge < -0.3 is 9.47 Å². The van der Waals surface area contributed by atoms with Gasteiger partial charge in [-0.15, -0.1) is 0 Å². The Kier molecular flexibility index (Phi) is 8.26. The minimum atomic E-state index is -0.572. The number of hydrogen-bond acceptors (Lipinski definition) is 12. The molecule has 150 valence electrons. The highest BCUT2D eigenvalue weighted by molar-refractivity contribution is 7.98. The van der Waals surface area contributed by atoms with E-state index in [9.17, 15) is 9.59 Å². The van der Waals surface area contributed by atoms with Crippen molar-refractivity contribution in [2.24, 2.45) is 0 Å². The van der Waals surface area contributed by atoms with E-state index in [2.05, 4.69) is 30.8 Å². The molecule has 2 rings (SSSR count). The molecular formula is C16H20N6O4S2. The van der Waals surface area contributed by atoms with E-state index in [1.165, 1.54) is 35.9 Å². The lowest BCUT2D eigenvalue weighted by Crippen LogP contribution is -2.20. The fourth-order valence-electron chi connectivity index (χ4n) is 1.95. The third kappa shape index (κ3) is 5.45. The summed E-state index contributed by atoms with van der Waals surface area (Å²) >= 11 is 2.63. The van der Waals surface area contributed by atoms with Crippen LogP contribution in [0, 0.1) is 0 Å². The number of nitrogens with zero attached hydrogens (tertiary/aromatic N) is 4. The normalized spacial score (nSPS) is 10.3. The van der Waals surface area contributed by atoms with Crippen molar-refractivity contribution < 1.29 is 19.1 Å². The van der Waals surface area contributed by atoms with Crippen LogP contribution in [-0.2, 0) is 9.47 Å². The molecule has 0 aromatic carbocycles. The third-order valence-corrected chi connectivity index (χ3v) is 4.31. The summed E-state index contributed by atoms with van der Waals surface area (Å²) in [4.78, 5) is 41.1. The molecule has 0 aliphatic heterocycles. The third-order valence-electron chi connectivity index (χ3n) is 3.19. The fourth-order valence-corrected chi connectivity index (χ4v) is 2.63. The molecule has 2 aromatic rings. The van der Waals surface area contributed by atoms with E-state index in [0.29, 0.717) is 10.3 Å². The van der Waals surface area contributed by atoms with Crippen molar-refractivity contribution in [1.29, 1.82) is 0 Å². The van der Waals surface area contributed by atoms with Gasteiger partial charge in [0.25, 0.3) is 0 Å². The highest BCUT2D eigenvalue weighted by Gasteiger charge is 2.19. The summed E-state index contributed by atoms with van der Waals surface area (Å²) in [5, 5.41) is 0.908. The Morgan fingerprint density at radius 1 is 0.857 bits per heavy atom. The molecule has 2 aromatic heterocycles. The molecule has 2 N–H and O–H groups in total. The molecule has 28 heavy (non-hydrogen) atoms. The predicted molar refractivity (Wildman–Crippen MR) is 107 cm³/mol. The Hall–Kier alpha value is -2.60. The monoisotopic (exact) mass is 424 g/mol. The van der Waals surface area contributed by atoms with E-state index in [-0.39, 0.29) is 36.0 Å². The molecule has 10 nitrogen and oxygen atoms in total. The van der Waals surface area contributed by atoms with E-state index in [1.807, 2.05) is 12.5 Å². The first kappa shape index (κ1) is 21.7. The molecule has 0 saturated carbocycles. The maximum atomic E-state index is 12.2. The summed E-state index contributed by atoms with van der Waals surface area (Å²) in [6.07, 6.45) is 6.37. The number of nitrogens with one attached hydrogen (secondary N) is 2. The standard InChI is InChI=1S/C16H20N6O4S2/c1-5-25-13(23)9-7-17-15(27-3)19-11(9)21-22-12-10(14(24)26-6-2)8-18-16(20-12)28-4/h7-8H,5-6H2,1-4H3,(H,17,19,21)(H,18,20,22). The number of ether oxygens (including phenoxy) is 2. The molecule has 0 atom stereocenters. The molecule has 0 bridgehead atoms. The Balaban J connectivity index is 2.34. The largest absolute Gasteiger partial charge is 0.462 e. The SMILES string of the molecule is CCOC(=O)c1cnc(SC)nc1NNc1nc(SC)ncc1C(=O)OCC. The van der Waals surface area contributed by atoms with Crippen LogP contribution < -0.4 is 10.9 Å². The van der Waals surface area contributed by atoms with Gasteiger partial charge in [-0.1, -0.05) is 23.5 Å². The van der Waals surface area contributed by atoms with Crippen molar-refractivity contribution >= 4 is 47.1 Å². The summed E-state index contributed by atoms with van der Waals surface area (Å²) in [5.74, 6) is -0.760. The van der Waals surface area contributed by atoms with Gasteiger partial charge in [-0.25, -0.2) is 29.5 Å². The average Bonchev–Trinajstić information content (AvgIpc) is 2.72. The first-order valence-electron chi connectivity index (χ1n) is 8.22. The number of hydrogen-bond donors (Lipinski definition) is 2. The molecule has 0 spiro atoms. The number of carbonyl (C=O) groups excluding carboxylic acids is 2. The van der Waals surface area contributed by atoms with Gasteiger partial charge >= 0.3 is 11.9 Å². The number of carbonyl (C=O) groups is 2. The van der Waals surface area contributed by atoms with Crippen molar-refractivity contribution in [1.82, 2.24) is 19.9 Å². The number of aromatic nitrogens is 4. The van der Waals surface area contributed by atoms with Crippen LogP contribution in [0.3, 0.4) is 0 Å². The quantitative estimate of drug-likeness (QED) is 0.265. The average molecular weight is 425 g/mol. The van der Waals surface area contributed by atoms with Crippen molar-refractivity contribution in [3.8, 4) is 0 Å². The zero-order valence-electron chi connectivity index (χ0n) is 15.8. The molecule has 12 heteroatoms. The summed E-state index contributed by atoms with van der Waals surface area (Å²) in [6, 6.07) is 0. The van der Waals surface area contributed by atoms with Crippen LogP contribution in [0.15, 0.2) is 22.7 Å². The number of esters is 2. The Labute approximate surface area is 170 Å². The summed E-state index contributed by atoms with van der Waals surface area (Å²) < 4.78 is 10.1. The minimum Gasteiger partial charge on any atom is -0.462 e. The van der Waals surface area contributed by atoms with Crippen LogP contribution >= 0.6 is 23.5 Å². The molecule has 0 radical (unpaired) electrons. The van der Waals surface area contributed by atoms with Gasteiger partial charge in [-0.2, -0.15) is 0 Å². The first-order chi connectivity index (χ1) is 13.5. The van der Waals surface area contributed by atoms with Crippen LogP contribution in [0.1, 0.15) is 34.6 Å². The molecule has 0 unspecified atom stereocenters. The Morgan fingerprint density at radius 3 is 1.57 bits per heavy atom. The lowest BCUT2D eigenvalue weighted by Gasteiger charge is -2.14. The summed E-state index contributed by atoms with van der Waals surface area (Å²) in [7, 11) is 0. The number of anilines is 2. The lowest BCUT2D eigenvalue weighted by atomic mass is 10.3. The maximum Gasteiger partial charge on any atom is 0.343 e. The second-order valence-electron chi connectivity index (χ2n) is 4.93. The van der Waals surface area contributed by atoms with Gasteiger partial charge in [-0.05, 0) is 26.4 Å². The summed E-state index contributed by atoms with van der Waals surface area (Å²) in [6.45, 7) is 3.84. The van der Waals surface area contributed by atoms with Gasteiger partial charge in [0.05, 0.1) is 13.2 Å². The van der Waals surface area contributed by atoms with E-state index in [0.717, 1.165) is 0 Å². The molecule has 0 saturated heterocycles. The smallest absolute Gasteiger partial charge is 0.343 e. The Morgan fingerprint density at radius 2 is 1.25 bits per heavy atom. The number of hydrazine groups is 1. The van der Waals surface area contributed by atoms with Crippen LogP contribution in [-0.4, -0.2) is 57.6 Å². The lowest BCUT2D eigenvalue weighted by molar-refractivity contribution is 0.0516. The molecular weight excluding hydrogens is 404 g/mol. The van der Waals surface area contributed by atoms with Gasteiger partial charge in [0, 0.05) is 12.4 Å². The van der Waals surface area contributed by atoms with Gasteiger partial charge in [0.15, 0.2) is 21.9 Å². The van der Waals surface area contributed by atoms with E-state index in [4.69, 9.17) is 9.47 Å². The predicted octanol–water partition coefficient (Wildman–Crippen LogP) is 2.50. The van der Waals surface area contributed by atoms with Gasteiger partial charge in [0.2, 0.25) is 0 Å². The molecule has 0 aliphatic rings. The first-order valence-corrected chi connectivity index (χ1v) is 10.7. The molecule has 0 amide bonds. The van der Waals surface area contributed by atoms with E-state index >= 15 is 0 Å². The van der Waals surface area contributed by atoms with Crippen molar-refractivity contribution in [2.45, 2.75) is 24.2 Å². The van der Waals surface area contributed by atoms with Crippen LogP contribution in [0.2, 0.25) is 0 Å². The second kappa shape index (κ2) is 10.7. The number of rotatable bonds is 9. The van der Waals surface area contributed by atoms with Crippen molar-refractivity contribution in [2.75, 3.05) is 36.6 Å².